The topological polar surface area (TPSA) is 64.4 Å². The molecule has 3 atom stereocenters. The fourth-order valence-corrected chi connectivity index (χ4v) is 2.93. The Balaban J connectivity index is 1.73. The number of nitrogens with one attached hydrogen (secondary N) is 1. The summed E-state index contributed by atoms with van der Waals surface area (Å²) < 4.78 is 5.70. The van der Waals surface area contributed by atoms with Crippen LogP contribution in [0.3, 0.4) is 0 Å². The fourth-order valence-electron chi connectivity index (χ4n) is 2.76. The van der Waals surface area contributed by atoms with E-state index in [4.69, 9.17) is 22.1 Å². The van der Waals surface area contributed by atoms with Crippen LogP contribution in [0.5, 0.6) is 0 Å². The van der Waals surface area contributed by atoms with Crippen LogP contribution in [0.15, 0.2) is 18.2 Å². The number of anilines is 1. The van der Waals surface area contributed by atoms with Gasteiger partial charge in [-0.2, -0.15) is 0 Å². The molecule has 18 heavy (non-hydrogen) atoms. The molecule has 0 spiro atoms. The Morgan fingerprint density at radius 3 is 2.94 bits per heavy atom. The lowest BCUT2D eigenvalue weighted by Crippen LogP contribution is -2.41. The zero-order valence-corrected chi connectivity index (χ0v) is 10.6. The number of halogens is 1. The van der Waals surface area contributed by atoms with E-state index in [0.29, 0.717) is 22.4 Å². The van der Waals surface area contributed by atoms with Gasteiger partial charge in [-0.25, -0.2) is 0 Å². The van der Waals surface area contributed by atoms with Crippen LogP contribution in [0.25, 0.3) is 0 Å². The third-order valence-corrected chi connectivity index (χ3v) is 3.92. The molecular formula is C13H15ClN2O2. The van der Waals surface area contributed by atoms with E-state index in [2.05, 4.69) is 5.32 Å². The van der Waals surface area contributed by atoms with Crippen LogP contribution < -0.4 is 11.1 Å². The first kappa shape index (κ1) is 11.8. The van der Waals surface area contributed by atoms with Gasteiger partial charge in [-0.3, -0.25) is 4.79 Å². The Morgan fingerprint density at radius 1 is 1.44 bits per heavy atom. The normalized spacial score (nSPS) is 29.5. The van der Waals surface area contributed by atoms with Gasteiger partial charge in [0.2, 0.25) is 0 Å². The number of nitrogens with two attached hydrogens (primary N) is 1. The van der Waals surface area contributed by atoms with Crippen molar-refractivity contribution >= 4 is 23.2 Å². The van der Waals surface area contributed by atoms with Crippen molar-refractivity contribution in [3.8, 4) is 0 Å². The van der Waals surface area contributed by atoms with Crippen LogP contribution in [0.2, 0.25) is 5.02 Å². The van der Waals surface area contributed by atoms with E-state index in [1.54, 1.807) is 18.2 Å². The third kappa shape index (κ3) is 2.06. The molecule has 4 nitrogen and oxygen atoms in total. The number of fused-ring (bicyclic) bond motifs is 2. The Kier molecular flexibility index (Phi) is 2.92. The SMILES string of the molecule is Nc1ccc(Cl)cc1C(=O)NC1CC2CCC1O2. The average molecular weight is 267 g/mol. The Labute approximate surface area is 110 Å². The van der Waals surface area contributed by atoms with E-state index < -0.39 is 0 Å². The van der Waals surface area contributed by atoms with E-state index in [1.807, 2.05) is 0 Å². The maximum absolute atomic E-state index is 12.1. The highest BCUT2D eigenvalue weighted by Gasteiger charge is 2.41. The predicted molar refractivity (Wildman–Crippen MR) is 69.6 cm³/mol. The maximum atomic E-state index is 12.1. The molecule has 3 rings (SSSR count). The van der Waals surface area contributed by atoms with Gasteiger partial charge in [0.05, 0.1) is 23.8 Å². The number of ether oxygens (including phenoxy) is 1. The second-order valence-corrected chi connectivity index (χ2v) is 5.36. The highest BCUT2D eigenvalue weighted by atomic mass is 35.5. The smallest absolute Gasteiger partial charge is 0.253 e. The van der Waals surface area contributed by atoms with Crippen LogP contribution >= 0.6 is 11.6 Å². The lowest BCUT2D eigenvalue weighted by atomic mass is 9.95. The van der Waals surface area contributed by atoms with Crippen molar-refractivity contribution in [1.29, 1.82) is 0 Å². The summed E-state index contributed by atoms with van der Waals surface area (Å²) >= 11 is 5.88. The molecule has 3 N–H and O–H groups in total. The third-order valence-electron chi connectivity index (χ3n) is 3.68. The molecule has 0 aliphatic carbocycles. The molecule has 2 saturated heterocycles. The predicted octanol–water partition coefficient (Wildman–Crippen LogP) is 1.97. The molecule has 0 aromatic heterocycles. The van der Waals surface area contributed by atoms with Gasteiger partial charge >= 0.3 is 0 Å². The first-order valence-electron chi connectivity index (χ1n) is 6.15. The highest BCUT2D eigenvalue weighted by Crippen LogP contribution is 2.34. The Morgan fingerprint density at radius 2 is 2.28 bits per heavy atom. The van der Waals surface area contributed by atoms with Gasteiger partial charge < -0.3 is 15.8 Å². The summed E-state index contributed by atoms with van der Waals surface area (Å²) in [6, 6.07) is 5.03. The summed E-state index contributed by atoms with van der Waals surface area (Å²) in [6.07, 6.45) is 3.52. The standard InChI is InChI=1S/C13H15ClN2O2/c14-7-1-3-10(15)9(5-7)13(17)16-11-6-8-2-4-12(11)18-8/h1,3,5,8,11-12H,2,4,6,15H2,(H,16,17). The summed E-state index contributed by atoms with van der Waals surface area (Å²) in [5.74, 6) is -0.170. The summed E-state index contributed by atoms with van der Waals surface area (Å²) in [7, 11) is 0. The molecule has 1 amide bonds. The van der Waals surface area contributed by atoms with Crippen molar-refractivity contribution in [2.45, 2.75) is 37.5 Å². The minimum absolute atomic E-state index is 0.106. The number of hydrogen-bond acceptors (Lipinski definition) is 3. The molecule has 2 aliphatic rings. The number of hydrogen-bond donors (Lipinski definition) is 2. The molecule has 1 aromatic rings. The second-order valence-electron chi connectivity index (χ2n) is 4.92. The van der Waals surface area contributed by atoms with E-state index in [1.165, 1.54) is 0 Å². The van der Waals surface area contributed by atoms with Crippen molar-refractivity contribution < 1.29 is 9.53 Å². The lowest BCUT2D eigenvalue weighted by Gasteiger charge is -2.20. The molecule has 0 radical (unpaired) electrons. The number of rotatable bonds is 2. The van der Waals surface area contributed by atoms with E-state index >= 15 is 0 Å². The van der Waals surface area contributed by atoms with Crippen LogP contribution in [-0.4, -0.2) is 24.2 Å². The van der Waals surface area contributed by atoms with Crippen LogP contribution in [0, 0.1) is 0 Å². The van der Waals surface area contributed by atoms with Crippen molar-refractivity contribution in [2.75, 3.05) is 5.73 Å². The molecule has 3 unspecified atom stereocenters. The molecule has 0 saturated carbocycles. The fraction of sp³-hybridized carbons (Fsp3) is 0.462. The van der Waals surface area contributed by atoms with Crippen LogP contribution in [0.1, 0.15) is 29.6 Å². The molecule has 2 aliphatic heterocycles. The zero-order valence-electron chi connectivity index (χ0n) is 9.86. The number of carbonyl (C=O) groups excluding carboxylic acids is 1. The molecule has 1 aromatic carbocycles. The summed E-state index contributed by atoms with van der Waals surface area (Å²) in [5, 5.41) is 3.50. The Hall–Kier alpha value is -1.26. The second kappa shape index (κ2) is 4.44. The van der Waals surface area contributed by atoms with Gasteiger partial charge in [0.15, 0.2) is 0 Å². The van der Waals surface area contributed by atoms with Crippen molar-refractivity contribution in [3.05, 3.63) is 28.8 Å². The van der Waals surface area contributed by atoms with Gasteiger partial charge in [-0.1, -0.05) is 11.6 Å². The summed E-state index contributed by atoms with van der Waals surface area (Å²) in [4.78, 5) is 12.1. The van der Waals surface area contributed by atoms with Crippen molar-refractivity contribution in [3.63, 3.8) is 0 Å². The minimum atomic E-state index is -0.170. The number of benzene rings is 1. The van der Waals surface area contributed by atoms with Gasteiger partial charge in [0.1, 0.15) is 0 Å². The molecular weight excluding hydrogens is 252 g/mol. The zero-order chi connectivity index (χ0) is 12.7. The molecule has 2 fully saturated rings. The van der Waals surface area contributed by atoms with Crippen LogP contribution in [0.4, 0.5) is 5.69 Å². The van der Waals surface area contributed by atoms with Gasteiger partial charge in [-0.05, 0) is 37.5 Å². The summed E-state index contributed by atoms with van der Waals surface area (Å²) in [5.41, 5.74) is 6.67. The quantitative estimate of drug-likeness (QED) is 0.805. The average Bonchev–Trinajstić information content (AvgIpc) is 2.94. The molecule has 5 heteroatoms. The monoisotopic (exact) mass is 266 g/mol. The first-order valence-corrected chi connectivity index (χ1v) is 6.52. The first-order chi connectivity index (χ1) is 8.63. The van der Waals surface area contributed by atoms with Gasteiger partial charge in [0.25, 0.3) is 5.91 Å². The van der Waals surface area contributed by atoms with Crippen molar-refractivity contribution in [1.82, 2.24) is 5.32 Å². The van der Waals surface area contributed by atoms with Gasteiger partial charge in [0, 0.05) is 10.7 Å². The highest BCUT2D eigenvalue weighted by molar-refractivity contribution is 6.31. The van der Waals surface area contributed by atoms with Gasteiger partial charge in [-0.15, -0.1) is 0 Å². The maximum Gasteiger partial charge on any atom is 0.253 e. The number of amides is 1. The van der Waals surface area contributed by atoms with Crippen LogP contribution in [-0.2, 0) is 4.74 Å². The molecule has 2 bridgehead atoms. The van der Waals surface area contributed by atoms with E-state index in [-0.39, 0.29) is 18.1 Å². The van der Waals surface area contributed by atoms with E-state index in [9.17, 15) is 4.79 Å². The largest absolute Gasteiger partial charge is 0.398 e. The minimum Gasteiger partial charge on any atom is -0.398 e. The number of nitrogen functional groups attached to an aromatic ring is 1. The molecule has 2 heterocycles. The number of carbonyl (C=O) groups is 1. The lowest BCUT2D eigenvalue weighted by molar-refractivity contribution is 0.0841. The van der Waals surface area contributed by atoms with Crippen molar-refractivity contribution in [2.24, 2.45) is 0 Å². The van der Waals surface area contributed by atoms with E-state index in [0.717, 1.165) is 19.3 Å². The molecule has 96 valence electrons. The summed E-state index contributed by atoms with van der Waals surface area (Å²) in [6.45, 7) is 0. The Bertz CT molecular complexity index is 492.